The van der Waals surface area contributed by atoms with Gasteiger partial charge in [-0.15, -0.1) is 0 Å². The molecule has 0 aliphatic rings. The van der Waals surface area contributed by atoms with Crippen LogP contribution in [0.4, 0.5) is 5.69 Å². The second kappa shape index (κ2) is 6.32. The van der Waals surface area contributed by atoms with Crippen molar-refractivity contribution in [1.82, 2.24) is 0 Å². The molecule has 5 heteroatoms. The van der Waals surface area contributed by atoms with E-state index in [0.717, 1.165) is 12.2 Å². The minimum atomic E-state index is -1.16. The Morgan fingerprint density at radius 3 is 2.82 bits per heavy atom. The number of hydrogen-bond acceptors (Lipinski definition) is 3. The summed E-state index contributed by atoms with van der Waals surface area (Å²) in [6.07, 6.45) is 1.73. The molecule has 0 saturated carbocycles. The van der Waals surface area contributed by atoms with E-state index in [4.69, 9.17) is 9.84 Å². The van der Waals surface area contributed by atoms with Gasteiger partial charge in [0, 0.05) is 23.9 Å². The number of benzene rings is 1. The predicted octanol–water partition coefficient (Wildman–Crippen LogP) is 1.66. The fourth-order valence-electron chi connectivity index (χ4n) is 1.16. The van der Waals surface area contributed by atoms with Crippen molar-refractivity contribution in [3.05, 3.63) is 36.4 Å². The van der Waals surface area contributed by atoms with Crippen LogP contribution in [-0.4, -0.2) is 23.6 Å². The van der Waals surface area contributed by atoms with Gasteiger partial charge in [0.1, 0.15) is 5.75 Å². The highest BCUT2D eigenvalue weighted by Gasteiger charge is 2.00. The Labute approximate surface area is 98.7 Å². The molecular formula is C12H13NO4. The lowest BCUT2D eigenvalue weighted by Gasteiger charge is -2.06. The first-order valence-corrected chi connectivity index (χ1v) is 5.06. The van der Waals surface area contributed by atoms with Gasteiger partial charge in [0.05, 0.1) is 6.61 Å². The molecule has 0 heterocycles. The van der Waals surface area contributed by atoms with Crippen LogP contribution in [0.3, 0.4) is 0 Å². The maximum Gasteiger partial charge on any atom is 0.328 e. The lowest BCUT2D eigenvalue weighted by Crippen LogP contribution is -2.08. The van der Waals surface area contributed by atoms with Crippen molar-refractivity contribution in [3.8, 4) is 5.75 Å². The number of carboxylic acids is 1. The quantitative estimate of drug-likeness (QED) is 0.761. The molecule has 1 rings (SSSR count). The van der Waals surface area contributed by atoms with E-state index in [2.05, 4.69) is 5.32 Å². The summed E-state index contributed by atoms with van der Waals surface area (Å²) in [7, 11) is 0. The Hall–Kier alpha value is -2.30. The van der Waals surface area contributed by atoms with E-state index in [-0.39, 0.29) is 0 Å². The third-order valence-corrected chi connectivity index (χ3v) is 1.79. The zero-order valence-electron chi connectivity index (χ0n) is 9.34. The third-order valence-electron chi connectivity index (χ3n) is 1.79. The molecule has 2 N–H and O–H groups in total. The molecule has 0 aliphatic carbocycles. The molecule has 0 saturated heterocycles. The van der Waals surface area contributed by atoms with Crippen molar-refractivity contribution >= 4 is 17.6 Å². The Morgan fingerprint density at radius 1 is 1.41 bits per heavy atom. The van der Waals surface area contributed by atoms with Gasteiger partial charge in [-0.05, 0) is 19.1 Å². The van der Waals surface area contributed by atoms with E-state index >= 15 is 0 Å². The summed E-state index contributed by atoms with van der Waals surface area (Å²) in [5.41, 5.74) is 0.552. The zero-order valence-corrected chi connectivity index (χ0v) is 9.34. The van der Waals surface area contributed by atoms with Gasteiger partial charge in [0.2, 0.25) is 5.91 Å². The Kier molecular flexibility index (Phi) is 4.75. The summed E-state index contributed by atoms with van der Waals surface area (Å²) >= 11 is 0. The van der Waals surface area contributed by atoms with Crippen molar-refractivity contribution in [2.75, 3.05) is 11.9 Å². The summed E-state index contributed by atoms with van der Waals surface area (Å²) < 4.78 is 5.26. The van der Waals surface area contributed by atoms with Gasteiger partial charge in [-0.1, -0.05) is 6.07 Å². The average molecular weight is 235 g/mol. The molecule has 0 aromatic heterocycles. The summed E-state index contributed by atoms with van der Waals surface area (Å²) in [6.45, 7) is 2.40. The highest BCUT2D eigenvalue weighted by molar-refractivity contribution is 6.02. The summed E-state index contributed by atoms with van der Waals surface area (Å²) in [4.78, 5) is 21.5. The molecule has 1 aromatic rings. The van der Waals surface area contributed by atoms with Gasteiger partial charge in [0.25, 0.3) is 0 Å². The first-order chi connectivity index (χ1) is 8.11. The Morgan fingerprint density at radius 2 is 2.18 bits per heavy atom. The van der Waals surface area contributed by atoms with Crippen molar-refractivity contribution in [2.45, 2.75) is 6.92 Å². The van der Waals surface area contributed by atoms with Crippen molar-refractivity contribution < 1.29 is 19.4 Å². The van der Waals surface area contributed by atoms with Gasteiger partial charge in [-0.25, -0.2) is 4.79 Å². The predicted molar refractivity (Wildman–Crippen MR) is 63.0 cm³/mol. The Balaban J connectivity index is 2.65. The fourth-order valence-corrected chi connectivity index (χ4v) is 1.16. The van der Waals surface area contributed by atoms with Crippen LogP contribution >= 0.6 is 0 Å². The van der Waals surface area contributed by atoms with Gasteiger partial charge in [-0.3, -0.25) is 4.79 Å². The van der Waals surface area contributed by atoms with Crippen LogP contribution in [0.15, 0.2) is 36.4 Å². The molecular weight excluding hydrogens is 222 g/mol. The van der Waals surface area contributed by atoms with Crippen LogP contribution in [0.25, 0.3) is 0 Å². The molecule has 1 amide bonds. The minimum Gasteiger partial charge on any atom is -0.494 e. The Bertz CT molecular complexity index is 440. The van der Waals surface area contributed by atoms with E-state index in [1.165, 1.54) is 0 Å². The topological polar surface area (TPSA) is 75.6 Å². The highest BCUT2D eigenvalue weighted by Crippen LogP contribution is 2.17. The molecule has 0 bridgehead atoms. The second-order valence-electron chi connectivity index (χ2n) is 3.12. The van der Waals surface area contributed by atoms with Crippen molar-refractivity contribution in [1.29, 1.82) is 0 Å². The lowest BCUT2D eigenvalue weighted by atomic mass is 10.3. The lowest BCUT2D eigenvalue weighted by molar-refractivity contribution is -0.131. The number of ether oxygens (including phenoxy) is 1. The maximum atomic E-state index is 11.3. The van der Waals surface area contributed by atoms with Crippen molar-refractivity contribution in [3.63, 3.8) is 0 Å². The minimum absolute atomic E-state index is 0.499. The van der Waals surface area contributed by atoms with Gasteiger partial charge >= 0.3 is 5.97 Å². The maximum absolute atomic E-state index is 11.3. The number of aliphatic carboxylic acids is 1. The number of carbonyl (C=O) groups excluding carboxylic acids is 1. The first-order valence-electron chi connectivity index (χ1n) is 5.06. The molecule has 0 atom stereocenters. The van der Waals surface area contributed by atoms with E-state index in [0.29, 0.717) is 18.0 Å². The third kappa shape index (κ3) is 4.83. The van der Waals surface area contributed by atoms with Crippen LogP contribution in [0, 0.1) is 0 Å². The van der Waals surface area contributed by atoms with Gasteiger partial charge in [0.15, 0.2) is 0 Å². The van der Waals surface area contributed by atoms with E-state index < -0.39 is 11.9 Å². The molecule has 0 spiro atoms. The second-order valence-corrected chi connectivity index (χ2v) is 3.12. The number of anilines is 1. The van der Waals surface area contributed by atoms with Crippen LogP contribution in [-0.2, 0) is 9.59 Å². The molecule has 0 radical (unpaired) electrons. The standard InChI is InChI=1S/C12H13NO4/c1-2-17-10-5-3-4-9(8-10)13-11(14)6-7-12(15)16/h3-8H,2H2,1H3,(H,13,14)(H,15,16)/b7-6+. The molecule has 0 unspecified atom stereocenters. The van der Waals surface area contributed by atoms with Gasteiger partial charge in [-0.2, -0.15) is 0 Å². The fraction of sp³-hybridized carbons (Fsp3) is 0.167. The smallest absolute Gasteiger partial charge is 0.328 e. The van der Waals surface area contributed by atoms with Gasteiger partial charge < -0.3 is 15.2 Å². The number of amides is 1. The van der Waals surface area contributed by atoms with Crippen LogP contribution in [0.2, 0.25) is 0 Å². The molecule has 17 heavy (non-hydrogen) atoms. The highest BCUT2D eigenvalue weighted by atomic mass is 16.5. The molecule has 90 valence electrons. The molecule has 5 nitrogen and oxygen atoms in total. The molecule has 0 fully saturated rings. The van der Waals surface area contributed by atoms with Crippen molar-refractivity contribution in [2.24, 2.45) is 0 Å². The monoisotopic (exact) mass is 235 g/mol. The first kappa shape index (κ1) is 12.8. The van der Waals surface area contributed by atoms with Crippen LogP contribution in [0.5, 0.6) is 5.75 Å². The van der Waals surface area contributed by atoms with Crippen LogP contribution in [0.1, 0.15) is 6.92 Å². The van der Waals surface area contributed by atoms with E-state index in [1.54, 1.807) is 24.3 Å². The number of rotatable bonds is 5. The molecule has 0 aliphatic heterocycles. The van der Waals surface area contributed by atoms with Crippen LogP contribution < -0.4 is 10.1 Å². The SMILES string of the molecule is CCOc1cccc(NC(=O)/C=C/C(=O)O)c1. The van der Waals surface area contributed by atoms with E-state index in [1.807, 2.05) is 6.92 Å². The summed E-state index contributed by atoms with van der Waals surface area (Å²) in [6, 6.07) is 6.86. The van der Waals surface area contributed by atoms with E-state index in [9.17, 15) is 9.59 Å². The number of carboxylic acid groups (broad SMARTS) is 1. The number of nitrogens with one attached hydrogen (secondary N) is 1. The average Bonchev–Trinajstić information content (AvgIpc) is 2.27. The normalized spacial score (nSPS) is 10.2. The largest absolute Gasteiger partial charge is 0.494 e. The number of hydrogen-bond donors (Lipinski definition) is 2. The summed E-state index contributed by atoms with van der Waals surface area (Å²) in [5, 5.41) is 10.9. The zero-order chi connectivity index (χ0) is 12.7. The molecule has 1 aromatic carbocycles. The number of carbonyl (C=O) groups is 2. The summed E-state index contributed by atoms with van der Waals surface area (Å²) in [5.74, 6) is -1.02.